The number of nitrogens with zero attached hydrogens (tertiary/aromatic N) is 4. The minimum Gasteiger partial charge on any atom is -0.368 e. The predicted molar refractivity (Wildman–Crippen MR) is 113 cm³/mol. The molecule has 0 amide bonds. The van der Waals surface area contributed by atoms with Gasteiger partial charge in [0.1, 0.15) is 6.33 Å². The third kappa shape index (κ3) is 3.29. The van der Waals surface area contributed by atoms with Crippen LogP contribution in [0.3, 0.4) is 0 Å². The number of imidazole rings is 1. The molecule has 0 aliphatic carbocycles. The van der Waals surface area contributed by atoms with Crippen LogP contribution in [0.2, 0.25) is 0 Å². The van der Waals surface area contributed by atoms with Gasteiger partial charge in [0.25, 0.3) is 0 Å². The first kappa shape index (κ1) is 18.9. The van der Waals surface area contributed by atoms with Gasteiger partial charge in [-0.05, 0) is 48.8 Å². The number of fused-ring (bicyclic) bond motifs is 2. The lowest BCUT2D eigenvalue weighted by molar-refractivity contribution is -0.137. The highest BCUT2D eigenvalue weighted by Crippen LogP contribution is 2.33. The number of rotatable bonds is 2. The molecule has 7 heteroatoms. The monoisotopic (exact) mass is 410 g/mol. The van der Waals surface area contributed by atoms with Gasteiger partial charge in [0, 0.05) is 42.9 Å². The van der Waals surface area contributed by atoms with Crippen LogP contribution in [0, 0.1) is 0 Å². The largest absolute Gasteiger partial charge is 0.416 e. The Morgan fingerprint density at radius 3 is 2.47 bits per heavy atom. The fourth-order valence-electron chi connectivity index (χ4n) is 4.11. The Bertz CT molecular complexity index is 1220. The number of alkyl halides is 3. The van der Waals surface area contributed by atoms with Crippen molar-refractivity contribution >= 4 is 27.5 Å². The van der Waals surface area contributed by atoms with Gasteiger partial charge in [-0.25, -0.2) is 4.98 Å². The zero-order valence-electron chi connectivity index (χ0n) is 16.5. The summed E-state index contributed by atoms with van der Waals surface area (Å²) in [5, 5.41) is 2.27. The molecule has 1 aliphatic heterocycles. The maximum Gasteiger partial charge on any atom is 0.416 e. The van der Waals surface area contributed by atoms with E-state index in [1.807, 2.05) is 10.6 Å². The predicted octanol–water partition coefficient (Wildman–Crippen LogP) is 4.95. The van der Waals surface area contributed by atoms with Crippen LogP contribution < -0.4 is 4.90 Å². The summed E-state index contributed by atoms with van der Waals surface area (Å²) in [5.74, 6) is 0. The van der Waals surface area contributed by atoms with Crippen molar-refractivity contribution < 1.29 is 13.2 Å². The van der Waals surface area contributed by atoms with Gasteiger partial charge in [0.05, 0.1) is 16.6 Å². The van der Waals surface area contributed by atoms with Gasteiger partial charge in [-0.3, -0.25) is 4.57 Å². The Labute approximate surface area is 172 Å². The van der Waals surface area contributed by atoms with Gasteiger partial charge in [-0.15, -0.1) is 0 Å². The number of halogens is 3. The summed E-state index contributed by atoms with van der Waals surface area (Å²) >= 11 is 0. The average Bonchev–Trinajstić information content (AvgIpc) is 3.16. The van der Waals surface area contributed by atoms with E-state index in [0.717, 1.165) is 54.8 Å². The Balaban J connectivity index is 1.59. The Hall–Kier alpha value is -3.06. The maximum absolute atomic E-state index is 13.0. The molecule has 0 atom stereocenters. The number of anilines is 1. The number of hydrogen-bond acceptors (Lipinski definition) is 3. The van der Waals surface area contributed by atoms with Gasteiger partial charge < -0.3 is 9.80 Å². The molecular formula is C23H21F3N4. The minimum atomic E-state index is -4.38. The molecule has 2 heterocycles. The minimum absolute atomic E-state index is 0.331. The van der Waals surface area contributed by atoms with Crippen LogP contribution in [0.15, 0.2) is 60.9 Å². The second-order valence-corrected chi connectivity index (χ2v) is 7.79. The van der Waals surface area contributed by atoms with Crippen LogP contribution in [0.1, 0.15) is 5.56 Å². The number of benzene rings is 3. The molecule has 1 aliphatic rings. The molecule has 0 spiro atoms. The van der Waals surface area contributed by atoms with Gasteiger partial charge in [-0.1, -0.05) is 18.2 Å². The summed E-state index contributed by atoms with van der Waals surface area (Å²) in [6.45, 7) is 3.97. The van der Waals surface area contributed by atoms with E-state index in [0.29, 0.717) is 11.0 Å². The van der Waals surface area contributed by atoms with E-state index in [-0.39, 0.29) is 0 Å². The SMILES string of the molecule is CN1CCN(c2cccc3ccc(-n4cnc5cc(C(F)(F)F)ccc54)cc23)CC1. The Kier molecular flexibility index (Phi) is 4.43. The molecule has 0 saturated carbocycles. The van der Waals surface area contributed by atoms with Crippen LogP contribution in [0.4, 0.5) is 18.9 Å². The second-order valence-electron chi connectivity index (χ2n) is 7.79. The first-order valence-electron chi connectivity index (χ1n) is 9.91. The molecule has 4 nitrogen and oxygen atoms in total. The van der Waals surface area contributed by atoms with Crippen molar-refractivity contribution in [3.63, 3.8) is 0 Å². The highest BCUT2D eigenvalue weighted by molar-refractivity contribution is 5.96. The summed E-state index contributed by atoms with van der Waals surface area (Å²) in [4.78, 5) is 8.93. The molecule has 0 N–H and O–H groups in total. The zero-order valence-corrected chi connectivity index (χ0v) is 16.5. The quantitative estimate of drug-likeness (QED) is 0.467. The maximum atomic E-state index is 13.0. The van der Waals surface area contributed by atoms with E-state index in [9.17, 15) is 13.2 Å². The average molecular weight is 410 g/mol. The normalized spacial score (nSPS) is 15.9. The standard InChI is InChI=1S/C23H21F3N4/c1-28-9-11-29(12-10-28)21-4-2-3-16-5-7-18(14-19(16)21)30-15-27-20-13-17(23(24,25)26)6-8-22(20)30/h2-8,13-15H,9-12H2,1H3. The van der Waals surface area contributed by atoms with E-state index >= 15 is 0 Å². The van der Waals surface area contributed by atoms with Gasteiger partial charge in [-0.2, -0.15) is 13.2 Å². The van der Waals surface area contributed by atoms with Crippen LogP contribution in [-0.2, 0) is 6.18 Å². The molecule has 3 aromatic carbocycles. The lowest BCUT2D eigenvalue weighted by atomic mass is 10.1. The summed E-state index contributed by atoms with van der Waals surface area (Å²) < 4.78 is 40.9. The second kappa shape index (κ2) is 7.02. The van der Waals surface area contributed by atoms with Crippen molar-refractivity contribution in [3.05, 3.63) is 66.5 Å². The molecule has 30 heavy (non-hydrogen) atoms. The summed E-state index contributed by atoms with van der Waals surface area (Å²) in [6, 6.07) is 16.1. The first-order chi connectivity index (χ1) is 14.4. The molecule has 154 valence electrons. The smallest absolute Gasteiger partial charge is 0.368 e. The van der Waals surface area contributed by atoms with Crippen LogP contribution in [0.25, 0.3) is 27.5 Å². The number of piperazine rings is 1. The number of hydrogen-bond donors (Lipinski definition) is 0. The van der Waals surface area contributed by atoms with Crippen molar-refractivity contribution in [1.82, 2.24) is 14.5 Å². The number of likely N-dealkylation sites (N-methyl/N-ethyl adjacent to an activating group) is 1. The molecule has 0 bridgehead atoms. The molecule has 5 rings (SSSR count). The molecule has 4 aromatic rings. The number of aromatic nitrogens is 2. The molecule has 1 saturated heterocycles. The van der Waals surface area contributed by atoms with Gasteiger partial charge in [0.2, 0.25) is 0 Å². The molecule has 1 aromatic heterocycles. The van der Waals surface area contributed by atoms with E-state index < -0.39 is 11.7 Å². The van der Waals surface area contributed by atoms with Crippen molar-refractivity contribution in [2.75, 3.05) is 38.1 Å². The van der Waals surface area contributed by atoms with Crippen molar-refractivity contribution in [2.24, 2.45) is 0 Å². The van der Waals surface area contributed by atoms with Crippen molar-refractivity contribution in [1.29, 1.82) is 0 Å². The fourth-order valence-corrected chi connectivity index (χ4v) is 4.11. The lowest BCUT2D eigenvalue weighted by Crippen LogP contribution is -2.44. The van der Waals surface area contributed by atoms with Gasteiger partial charge in [0.15, 0.2) is 0 Å². The zero-order chi connectivity index (χ0) is 20.9. The Morgan fingerprint density at radius 1 is 0.900 bits per heavy atom. The molecule has 0 radical (unpaired) electrons. The van der Waals surface area contributed by atoms with E-state index in [1.54, 1.807) is 6.33 Å². The topological polar surface area (TPSA) is 24.3 Å². The molecule has 1 fully saturated rings. The van der Waals surface area contributed by atoms with E-state index in [2.05, 4.69) is 52.2 Å². The van der Waals surface area contributed by atoms with Gasteiger partial charge >= 0.3 is 6.18 Å². The fraction of sp³-hybridized carbons (Fsp3) is 0.261. The highest BCUT2D eigenvalue weighted by atomic mass is 19.4. The highest BCUT2D eigenvalue weighted by Gasteiger charge is 2.30. The Morgan fingerprint density at radius 2 is 1.70 bits per heavy atom. The van der Waals surface area contributed by atoms with Crippen LogP contribution >= 0.6 is 0 Å². The third-order valence-corrected chi connectivity index (χ3v) is 5.84. The van der Waals surface area contributed by atoms with Crippen LogP contribution in [0.5, 0.6) is 0 Å². The van der Waals surface area contributed by atoms with Crippen molar-refractivity contribution in [2.45, 2.75) is 6.18 Å². The van der Waals surface area contributed by atoms with Crippen molar-refractivity contribution in [3.8, 4) is 5.69 Å². The van der Waals surface area contributed by atoms with Crippen LogP contribution in [-0.4, -0.2) is 47.7 Å². The first-order valence-corrected chi connectivity index (χ1v) is 9.91. The third-order valence-electron chi connectivity index (χ3n) is 5.84. The molecular weight excluding hydrogens is 389 g/mol. The van der Waals surface area contributed by atoms with E-state index in [4.69, 9.17) is 0 Å². The summed E-state index contributed by atoms with van der Waals surface area (Å²) in [5.41, 5.74) is 2.37. The lowest BCUT2D eigenvalue weighted by Gasteiger charge is -2.34. The summed E-state index contributed by atoms with van der Waals surface area (Å²) in [7, 11) is 2.13. The molecule has 0 unspecified atom stereocenters. The summed E-state index contributed by atoms with van der Waals surface area (Å²) in [6.07, 6.45) is -2.79. The van der Waals surface area contributed by atoms with E-state index in [1.165, 1.54) is 11.8 Å².